The molecule has 0 aliphatic carbocycles. The number of nitrogens with zero attached hydrogens (tertiary/aromatic N) is 3. The van der Waals surface area contributed by atoms with Crippen LogP contribution in [-0.2, 0) is 4.74 Å². The Hall–Kier alpha value is -4.24. The number of ketones is 1. The van der Waals surface area contributed by atoms with Gasteiger partial charge in [0.25, 0.3) is 5.91 Å². The van der Waals surface area contributed by atoms with E-state index < -0.39 is 23.3 Å². The number of morpholine rings is 1. The molecular weight excluding hydrogens is 454 g/mol. The second kappa shape index (κ2) is 9.55. The van der Waals surface area contributed by atoms with Crippen molar-refractivity contribution in [3.63, 3.8) is 0 Å². The Kier molecular flexibility index (Phi) is 6.15. The first-order valence-corrected chi connectivity index (χ1v) is 11.0. The first-order chi connectivity index (χ1) is 17.0. The molecule has 1 N–H and O–H groups in total. The maximum Gasteiger partial charge on any atom is 0.255 e. The molecule has 1 aliphatic rings. The SMILES string of the molecule is O=C(Nc1ccc(C(=O)c2ccc3ncc(N4CCOCC4)nc3c2)cc1F)c1cccc(F)c1. The zero-order valence-electron chi connectivity index (χ0n) is 18.5. The molecule has 9 heteroatoms. The van der Waals surface area contributed by atoms with Gasteiger partial charge >= 0.3 is 0 Å². The zero-order chi connectivity index (χ0) is 24.4. The van der Waals surface area contributed by atoms with Crippen LogP contribution >= 0.6 is 0 Å². The normalized spacial score (nSPS) is 13.6. The van der Waals surface area contributed by atoms with Crippen LogP contribution in [0, 0.1) is 11.6 Å². The van der Waals surface area contributed by atoms with E-state index in [2.05, 4.69) is 20.2 Å². The molecule has 1 aromatic heterocycles. The van der Waals surface area contributed by atoms with Crippen LogP contribution in [0.4, 0.5) is 20.3 Å². The molecule has 0 radical (unpaired) electrons. The van der Waals surface area contributed by atoms with Gasteiger partial charge in [-0.3, -0.25) is 14.6 Å². The lowest BCUT2D eigenvalue weighted by atomic mass is 10.0. The van der Waals surface area contributed by atoms with Gasteiger partial charge < -0.3 is 15.0 Å². The van der Waals surface area contributed by atoms with E-state index in [1.807, 2.05) is 0 Å². The lowest BCUT2D eigenvalue weighted by molar-refractivity contribution is 0.102. The average Bonchev–Trinajstić information content (AvgIpc) is 2.89. The van der Waals surface area contributed by atoms with Gasteiger partial charge in [-0.1, -0.05) is 6.07 Å². The molecule has 0 spiro atoms. The molecule has 2 heterocycles. The number of anilines is 2. The van der Waals surface area contributed by atoms with Crippen LogP contribution in [0.15, 0.2) is 66.9 Å². The molecule has 4 aromatic rings. The summed E-state index contributed by atoms with van der Waals surface area (Å²) < 4.78 is 33.4. The number of hydrogen-bond acceptors (Lipinski definition) is 6. The third-order valence-corrected chi connectivity index (χ3v) is 5.69. The van der Waals surface area contributed by atoms with Crippen LogP contribution in [0.2, 0.25) is 0 Å². The predicted molar refractivity (Wildman–Crippen MR) is 127 cm³/mol. The van der Waals surface area contributed by atoms with Gasteiger partial charge in [0.1, 0.15) is 17.5 Å². The minimum absolute atomic E-state index is 0.0540. The summed E-state index contributed by atoms with van der Waals surface area (Å²) in [6, 6.07) is 13.8. The molecule has 7 nitrogen and oxygen atoms in total. The first kappa shape index (κ1) is 22.5. The van der Waals surface area contributed by atoms with Crippen molar-refractivity contribution < 1.29 is 23.1 Å². The standard InChI is InChI=1S/C26H20F2N4O3/c27-19-3-1-2-18(12-19)26(34)31-21-6-4-16(13-20(21)28)25(33)17-5-7-22-23(14-17)30-24(15-29-22)32-8-10-35-11-9-32/h1-7,12-15H,8-11H2,(H,31,34). The van der Waals surface area contributed by atoms with E-state index in [1.165, 1.54) is 30.3 Å². The number of amides is 1. The number of halogens is 2. The minimum atomic E-state index is -0.782. The first-order valence-electron chi connectivity index (χ1n) is 11.0. The van der Waals surface area contributed by atoms with Crippen LogP contribution in [0.25, 0.3) is 11.0 Å². The second-order valence-electron chi connectivity index (χ2n) is 8.02. The number of hydrogen-bond donors (Lipinski definition) is 1. The number of benzene rings is 3. The number of fused-ring (bicyclic) bond motifs is 1. The van der Waals surface area contributed by atoms with E-state index in [1.54, 1.807) is 24.4 Å². The number of carbonyl (C=O) groups is 2. The van der Waals surface area contributed by atoms with Crippen LogP contribution in [0.5, 0.6) is 0 Å². The third kappa shape index (κ3) is 4.85. The second-order valence-corrected chi connectivity index (χ2v) is 8.02. The van der Waals surface area contributed by atoms with Crippen LogP contribution < -0.4 is 10.2 Å². The van der Waals surface area contributed by atoms with Crippen LogP contribution in [0.1, 0.15) is 26.3 Å². The van der Waals surface area contributed by atoms with Gasteiger partial charge in [0.2, 0.25) is 0 Å². The Bertz CT molecular complexity index is 1440. The molecule has 0 unspecified atom stereocenters. The summed E-state index contributed by atoms with van der Waals surface area (Å²) in [6.07, 6.45) is 1.70. The highest BCUT2D eigenvalue weighted by Crippen LogP contribution is 2.22. The number of aromatic nitrogens is 2. The van der Waals surface area contributed by atoms with E-state index >= 15 is 0 Å². The van der Waals surface area contributed by atoms with Crippen molar-refractivity contribution in [2.75, 3.05) is 36.5 Å². The summed E-state index contributed by atoms with van der Waals surface area (Å²) in [4.78, 5) is 36.5. The summed E-state index contributed by atoms with van der Waals surface area (Å²) >= 11 is 0. The van der Waals surface area contributed by atoms with Crippen molar-refractivity contribution >= 4 is 34.2 Å². The smallest absolute Gasteiger partial charge is 0.255 e. The summed E-state index contributed by atoms with van der Waals surface area (Å²) in [5.74, 6) is -1.71. The zero-order valence-corrected chi connectivity index (χ0v) is 18.5. The number of carbonyl (C=O) groups excluding carboxylic acids is 2. The molecule has 1 saturated heterocycles. The van der Waals surface area contributed by atoms with Gasteiger partial charge in [0.05, 0.1) is 36.1 Å². The van der Waals surface area contributed by atoms with E-state index in [9.17, 15) is 18.4 Å². The summed E-state index contributed by atoms with van der Waals surface area (Å²) in [5, 5.41) is 2.40. The van der Waals surface area contributed by atoms with Gasteiger partial charge in [0, 0.05) is 29.8 Å². The van der Waals surface area contributed by atoms with E-state index in [-0.39, 0.29) is 16.8 Å². The number of nitrogens with one attached hydrogen (secondary N) is 1. The van der Waals surface area contributed by atoms with Crippen molar-refractivity contribution in [3.8, 4) is 0 Å². The Balaban J connectivity index is 1.36. The largest absolute Gasteiger partial charge is 0.378 e. The van der Waals surface area contributed by atoms with Gasteiger partial charge in [-0.2, -0.15) is 0 Å². The maximum absolute atomic E-state index is 14.7. The fourth-order valence-electron chi connectivity index (χ4n) is 3.84. The molecule has 1 amide bonds. The summed E-state index contributed by atoms with van der Waals surface area (Å²) in [6.45, 7) is 2.64. The predicted octanol–water partition coefficient (Wildman–Crippen LogP) is 4.23. The molecule has 1 aliphatic heterocycles. The average molecular weight is 474 g/mol. The van der Waals surface area contributed by atoms with Gasteiger partial charge in [-0.25, -0.2) is 13.8 Å². The van der Waals surface area contributed by atoms with Crippen molar-refractivity contribution in [1.29, 1.82) is 0 Å². The maximum atomic E-state index is 14.7. The highest BCUT2D eigenvalue weighted by molar-refractivity contribution is 6.11. The Labute approximate surface area is 199 Å². The quantitative estimate of drug-likeness (QED) is 0.436. The number of rotatable bonds is 5. The highest BCUT2D eigenvalue weighted by atomic mass is 19.1. The molecule has 5 rings (SSSR count). The molecule has 0 atom stereocenters. The van der Waals surface area contributed by atoms with Crippen LogP contribution in [0.3, 0.4) is 0 Å². The molecule has 1 fully saturated rings. The molecule has 3 aromatic carbocycles. The van der Waals surface area contributed by atoms with E-state index in [0.717, 1.165) is 12.1 Å². The molecule has 35 heavy (non-hydrogen) atoms. The highest BCUT2D eigenvalue weighted by Gasteiger charge is 2.17. The minimum Gasteiger partial charge on any atom is -0.378 e. The topological polar surface area (TPSA) is 84.4 Å². The van der Waals surface area contributed by atoms with Crippen molar-refractivity contribution in [2.24, 2.45) is 0 Å². The van der Waals surface area contributed by atoms with E-state index in [0.29, 0.717) is 48.7 Å². The van der Waals surface area contributed by atoms with Crippen molar-refractivity contribution in [1.82, 2.24) is 9.97 Å². The van der Waals surface area contributed by atoms with Crippen molar-refractivity contribution in [3.05, 3.63) is 95.2 Å². The molecule has 176 valence electrons. The molecule has 0 bridgehead atoms. The van der Waals surface area contributed by atoms with Gasteiger partial charge in [-0.15, -0.1) is 0 Å². The lowest BCUT2D eigenvalue weighted by Gasteiger charge is -2.27. The third-order valence-electron chi connectivity index (χ3n) is 5.69. The van der Waals surface area contributed by atoms with Crippen molar-refractivity contribution in [2.45, 2.75) is 0 Å². The van der Waals surface area contributed by atoms with Gasteiger partial charge in [-0.05, 0) is 54.6 Å². The Morgan fingerprint density at radius 1 is 0.886 bits per heavy atom. The van der Waals surface area contributed by atoms with Gasteiger partial charge in [0.15, 0.2) is 5.78 Å². The monoisotopic (exact) mass is 474 g/mol. The Morgan fingerprint density at radius 3 is 2.43 bits per heavy atom. The molecule has 0 saturated carbocycles. The summed E-state index contributed by atoms with van der Waals surface area (Å²) in [7, 11) is 0. The van der Waals surface area contributed by atoms with Crippen LogP contribution in [-0.4, -0.2) is 48.0 Å². The lowest BCUT2D eigenvalue weighted by Crippen LogP contribution is -2.36. The fourth-order valence-corrected chi connectivity index (χ4v) is 3.84. The van der Waals surface area contributed by atoms with E-state index in [4.69, 9.17) is 4.74 Å². The Morgan fingerprint density at radius 2 is 1.66 bits per heavy atom. The molecular formula is C26H20F2N4O3. The fraction of sp³-hybridized carbons (Fsp3) is 0.154. The number of ether oxygens (including phenoxy) is 1. The summed E-state index contributed by atoms with van der Waals surface area (Å²) in [5.41, 5.74) is 1.58.